The molecule has 55 heavy (non-hydrogen) atoms. The number of hydrogen-bond donors (Lipinski definition) is 2. The van der Waals surface area contributed by atoms with Gasteiger partial charge in [0.1, 0.15) is 0 Å². The number of benzene rings is 2. The topological polar surface area (TPSA) is 136 Å². The standard InChI is InChI=1S/C40H50F3N3O7S2/c1-38(2)30-14-6-8-16-32(30)45(24-10-12-26-54(48,49)50)34(38)22-20-28-18-19-29(36(28)44(5)37(47)40(41,42)43)21-23-35-39(3,4)31-15-7-9-17-33(31)46(35)25-11-13-27-55(51,52)53/h6-9,14-17,20-23,34H,10-13,18-19,24-27H2,1-5H3,(H,48,49,50)(H,51,52,53)/b22-20+,29-21+,35-23+. The maximum absolute atomic E-state index is 13.9. The lowest BCUT2D eigenvalue weighted by Crippen LogP contribution is -2.40. The zero-order chi connectivity index (χ0) is 40.6. The van der Waals surface area contributed by atoms with Crippen molar-refractivity contribution in [3.05, 3.63) is 107 Å². The van der Waals surface area contributed by atoms with E-state index in [1.54, 1.807) is 6.08 Å². The Hall–Kier alpha value is -3.92. The molecule has 2 heterocycles. The third-order valence-corrected chi connectivity index (χ3v) is 12.6. The van der Waals surface area contributed by atoms with Crippen molar-refractivity contribution >= 4 is 37.5 Å². The monoisotopic (exact) mass is 805 g/mol. The molecule has 15 heteroatoms. The molecular formula is C40H50F3N3O7S2. The van der Waals surface area contributed by atoms with Crippen molar-refractivity contribution in [3.63, 3.8) is 0 Å². The van der Waals surface area contributed by atoms with Gasteiger partial charge in [-0.3, -0.25) is 13.9 Å². The number of halogens is 3. The van der Waals surface area contributed by atoms with Crippen molar-refractivity contribution in [1.29, 1.82) is 0 Å². The lowest BCUT2D eigenvalue weighted by molar-refractivity contribution is -0.181. The number of rotatable bonds is 14. The van der Waals surface area contributed by atoms with E-state index >= 15 is 0 Å². The van der Waals surface area contributed by atoms with Gasteiger partial charge in [0.15, 0.2) is 0 Å². The second-order valence-electron chi connectivity index (χ2n) is 15.5. The van der Waals surface area contributed by atoms with E-state index in [2.05, 4.69) is 23.6 Å². The summed E-state index contributed by atoms with van der Waals surface area (Å²) in [5, 5.41) is 0. The van der Waals surface area contributed by atoms with E-state index in [1.165, 1.54) is 0 Å². The van der Waals surface area contributed by atoms with Crippen LogP contribution in [0.25, 0.3) is 0 Å². The minimum absolute atomic E-state index is 0.177. The zero-order valence-corrected chi connectivity index (χ0v) is 33.4. The summed E-state index contributed by atoms with van der Waals surface area (Å²) in [6, 6.07) is 15.4. The molecule has 2 aromatic rings. The van der Waals surface area contributed by atoms with E-state index in [9.17, 15) is 43.9 Å². The molecule has 0 saturated carbocycles. The Morgan fingerprint density at radius 1 is 0.836 bits per heavy atom. The average molecular weight is 806 g/mol. The molecule has 0 bridgehead atoms. The summed E-state index contributed by atoms with van der Waals surface area (Å²) >= 11 is 0. The third kappa shape index (κ3) is 9.38. The molecule has 10 nitrogen and oxygen atoms in total. The fraction of sp³-hybridized carbons (Fsp3) is 0.475. The van der Waals surface area contributed by atoms with E-state index in [-0.39, 0.29) is 36.1 Å². The highest BCUT2D eigenvalue weighted by molar-refractivity contribution is 7.86. The zero-order valence-electron chi connectivity index (χ0n) is 31.8. The van der Waals surface area contributed by atoms with E-state index < -0.39 is 43.1 Å². The van der Waals surface area contributed by atoms with Gasteiger partial charge in [0.2, 0.25) is 0 Å². The lowest BCUT2D eigenvalue weighted by Gasteiger charge is -2.32. The average Bonchev–Trinajstić information content (AvgIpc) is 3.66. The lowest BCUT2D eigenvalue weighted by atomic mass is 9.80. The molecule has 3 aliphatic rings. The first kappa shape index (κ1) is 42.2. The van der Waals surface area contributed by atoms with Crippen LogP contribution in [0.1, 0.15) is 77.3 Å². The molecule has 1 amide bonds. The minimum atomic E-state index is -5.11. The van der Waals surface area contributed by atoms with E-state index in [1.807, 2.05) is 80.6 Å². The van der Waals surface area contributed by atoms with Crippen molar-refractivity contribution in [2.75, 3.05) is 41.4 Å². The highest BCUT2D eigenvalue weighted by atomic mass is 32.2. The van der Waals surface area contributed by atoms with Crippen molar-refractivity contribution in [2.45, 2.75) is 89.3 Å². The normalized spacial score (nSPS) is 20.9. The molecule has 2 aliphatic heterocycles. The molecule has 2 N–H and O–H groups in total. The van der Waals surface area contributed by atoms with Gasteiger partial charge in [0.05, 0.1) is 17.5 Å². The molecule has 1 unspecified atom stereocenters. The predicted octanol–water partition coefficient (Wildman–Crippen LogP) is 7.72. The number of alkyl halides is 3. The number of anilines is 2. The van der Waals surface area contributed by atoms with Crippen LogP contribution < -0.4 is 9.80 Å². The third-order valence-electron chi connectivity index (χ3n) is 10.9. The van der Waals surface area contributed by atoms with Gasteiger partial charge >= 0.3 is 12.1 Å². The summed E-state index contributed by atoms with van der Waals surface area (Å²) in [6.45, 7) is 9.17. The van der Waals surface area contributed by atoms with Crippen molar-refractivity contribution in [1.82, 2.24) is 4.90 Å². The first-order chi connectivity index (χ1) is 25.5. The number of likely N-dealkylation sites (N-methyl/N-ethyl adjacent to an activating group) is 1. The van der Waals surface area contributed by atoms with Gasteiger partial charge in [-0.1, -0.05) is 82.3 Å². The first-order valence-corrected chi connectivity index (χ1v) is 21.6. The maximum Gasteiger partial charge on any atom is 0.471 e. The van der Waals surface area contributed by atoms with Crippen LogP contribution in [0.2, 0.25) is 0 Å². The SMILES string of the molecule is CN(C(=O)C(F)(F)F)C1=C(/C=C/C2N(CCCCS(=O)(=O)O)c3ccccc3C2(C)C)CC/C1=C\C=C1\N(CCCCS(=O)(=O)O)c2ccccc2C1(C)C. The van der Waals surface area contributed by atoms with E-state index in [4.69, 9.17) is 0 Å². The number of nitrogens with zero attached hydrogens (tertiary/aromatic N) is 3. The molecule has 0 spiro atoms. The van der Waals surface area contributed by atoms with Gasteiger partial charge in [-0.15, -0.1) is 0 Å². The summed E-state index contributed by atoms with van der Waals surface area (Å²) in [4.78, 5) is 17.7. The summed E-state index contributed by atoms with van der Waals surface area (Å²) in [5.41, 5.74) is 5.22. The van der Waals surface area contributed by atoms with E-state index in [0.29, 0.717) is 54.8 Å². The van der Waals surface area contributed by atoms with Crippen LogP contribution in [-0.4, -0.2) is 80.6 Å². The maximum atomic E-state index is 13.9. The number of amides is 1. The highest BCUT2D eigenvalue weighted by Gasteiger charge is 2.45. The van der Waals surface area contributed by atoms with Gasteiger partial charge in [0, 0.05) is 53.7 Å². The number of carbonyl (C=O) groups excluding carboxylic acids is 1. The Morgan fingerprint density at radius 2 is 1.40 bits per heavy atom. The van der Waals surface area contributed by atoms with Crippen LogP contribution >= 0.6 is 0 Å². The van der Waals surface area contributed by atoms with Crippen molar-refractivity contribution in [2.24, 2.45) is 0 Å². The Morgan fingerprint density at radius 3 is 2.00 bits per heavy atom. The highest BCUT2D eigenvalue weighted by Crippen LogP contribution is 2.49. The molecule has 0 saturated heterocycles. The van der Waals surface area contributed by atoms with Crippen LogP contribution in [0.15, 0.2) is 95.4 Å². The Labute approximate surface area is 322 Å². The van der Waals surface area contributed by atoms with Gasteiger partial charge < -0.3 is 14.7 Å². The van der Waals surface area contributed by atoms with E-state index in [0.717, 1.165) is 35.2 Å². The Balaban J connectivity index is 1.53. The number of hydrogen-bond acceptors (Lipinski definition) is 7. The molecule has 0 fully saturated rings. The molecule has 300 valence electrons. The van der Waals surface area contributed by atoms with Crippen LogP contribution in [0.5, 0.6) is 0 Å². The fourth-order valence-electron chi connectivity index (χ4n) is 8.22. The number of para-hydroxylation sites is 2. The van der Waals surface area contributed by atoms with Crippen LogP contribution in [-0.2, 0) is 35.9 Å². The summed E-state index contributed by atoms with van der Waals surface area (Å²) < 4.78 is 106. The van der Waals surface area contributed by atoms with Crippen LogP contribution in [0.4, 0.5) is 24.5 Å². The quantitative estimate of drug-likeness (QED) is 0.145. The fourth-order valence-corrected chi connectivity index (χ4v) is 9.36. The largest absolute Gasteiger partial charge is 0.471 e. The number of carbonyl (C=O) groups is 1. The first-order valence-electron chi connectivity index (χ1n) is 18.4. The smallest absolute Gasteiger partial charge is 0.364 e. The van der Waals surface area contributed by atoms with Crippen molar-refractivity contribution in [3.8, 4) is 0 Å². The van der Waals surface area contributed by atoms with Gasteiger partial charge in [0.25, 0.3) is 20.2 Å². The van der Waals surface area contributed by atoms with Gasteiger partial charge in [-0.25, -0.2) is 0 Å². The summed E-state index contributed by atoms with van der Waals surface area (Å²) in [7, 11) is -7.09. The minimum Gasteiger partial charge on any atom is -0.364 e. The van der Waals surface area contributed by atoms with Gasteiger partial charge in [-0.2, -0.15) is 30.0 Å². The van der Waals surface area contributed by atoms with Crippen molar-refractivity contribution < 1.29 is 43.9 Å². The van der Waals surface area contributed by atoms with Gasteiger partial charge in [-0.05, 0) is 79.0 Å². The Kier molecular flexibility index (Phi) is 12.2. The summed E-state index contributed by atoms with van der Waals surface area (Å²) in [5.74, 6) is -2.71. The second-order valence-corrected chi connectivity index (χ2v) is 18.6. The molecule has 1 atom stereocenters. The molecule has 0 radical (unpaired) electrons. The molecule has 5 rings (SSSR count). The molecule has 1 aliphatic carbocycles. The predicted molar refractivity (Wildman–Crippen MR) is 209 cm³/mol. The Bertz CT molecular complexity index is 2140. The van der Waals surface area contributed by atoms with Crippen LogP contribution in [0, 0.1) is 0 Å². The molecular weight excluding hydrogens is 756 g/mol. The second kappa shape index (κ2) is 15.9. The molecule has 2 aromatic carbocycles. The number of fused-ring (bicyclic) bond motifs is 2. The van der Waals surface area contributed by atoms with Crippen LogP contribution in [0.3, 0.4) is 0 Å². The number of allylic oxidation sites excluding steroid dienone is 6. The summed E-state index contributed by atoms with van der Waals surface area (Å²) in [6.07, 6.45) is 4.50. The number of unbranched alkanes of at least 4 members (excludes halogenated alkanes) is 2. The molecule has 0 aromatic heterocycles.